The Balaban J connectivity index is 2.05. The summed E-state index contributed by atoms with van der Waals surface area (Å²) in [5, 5.41) is 2.64. The molecule has 19 heavy (non-hydrogen) atoms. The highest BCUT2D eigenvalue weighted by Gasteiger charge is 2.05. The quantitative estimate of drug-likeness (QED) is 0.887. The van der Waals surface area contributed by atoms with Gasteiger partial charge in [0.25, 0.3) is 0 Å². The molecule has 0 saturated heterocycles. The van der Waals surface area contributed by atoms with Crippen molar-refractivity contribution >= 4 is 28.5 Å². The number of nitrogens with zero attached hydrogens (tertiary/aromatic N) is 2. The van der Waals surface area contributed by atoms with Crippen LogP contribution < -0.4 is 10.0 Å². The van der Waals surface area contributed by atoms with Gasteiger partial charge in [-0.25, -0.2) is 14.2 Å². The van der Waals surface area contributed by atoms with Crippen LogP contribution in [0.25, 0.3) is 0 Å². The van der Waals surface area contributed by atoms with E-state index >= 15 is 0 Å². The van der Waals surface area contributed by atoms with Crippen LogP contribution in [-0.2, 0) is 15.8 Å². The minimum atomic E-state index is -1.44. The third-order valence-electron chi connectivity index (χ3n) is 2.14. The van der Waals surface area contributed by atoms with Crippen molar-refractivity contribution in [1.29, 1.82) is 0 Å². The van der Waals surface area contributed by atoms with Crippen molar-refractivity contribution in [1.82, 2.24) is 9.97 Å². The van der Waals surface area contributed by atoms with Crippen LogP contribution in [0.4, 0.5) is 11.6 Å². The zero-order valence-corrected chi connectivity index (χ0v) is 11.0. The van der Waals surface area contributed by atoms with Gasteiger partial charge in [-0.05, 0) is 30.3 Å². The monoisotopic (exact) mass is 276 g/mol. The molecule has 0 aliphatic carbocycles. The van der Waals surface area contributed by atoms with Crippen molar-refractivity contribution < 1.29 is 9.00 Å². The second kappa shape index (κ2) is 6.05. The summed E-state index contributed by atoms with van der Waals surface area (Å²) in [5.74, 6) is 0.149. The first kappa shape index (κ1) is 13.2. The van der Waals surface area contributed by atoms with Crippen molar-refractivity contribution in [3.63, 3.8) is 0 Å². The van der Waals surface area contributed by atoms with E-state index in [0.717, 1.165) is 0 Å². The predicted molar refractivity (Wildman–Crippen MR) is 72.8 cm³/mol. The number of anilines is 2. The molecule has 2 aromatic rings. The highest BCUT2D eigenvalue weighted by atomic mass is 32.2. The molecule has 1 aromatic carbocycles. The number of carbonyl (C=O) groups is 1. The molecule has 2 N–H and O–H groups in total. The lowest BCUT2D eigenvalue weighted by molar-refractivity contribution is -0.114. The Kier molecular flexibility index (Phi) is 4.19. The molecule has 1 atom stereocenters. The lowest BCUT2D eigenvalue weighted by Gasteiger charge is -2.05. The SMILES string of the molecule is CC(=O)Nc1ccc(S(=O)Nc2ncccn2)cc1. The van der Waals surface area contributed by atoms with Crippen LogP contribution in [0.1, 0.15) is 6.92 Å². The van der Waals surface area contributed by atoms with Crippen LogP contribution in [0, 0.1) is 0 Å². The van der Waals surface area contributed by atoms with E-state index in [1.165, 1.54) is 6.92 Å². The van der Waals surface area contributed by atoms with E-state index in [9.17, 15) is 9.00 Å². The molecule has 0 radical (unpaired) electrons. The largest absolute Gasteiger partial charge is 0.326 e. The van der Waals surface area contributed by atoms with Crippen molar-refractivity contribution in [2.75, 3.05) is 10.0 Å². The van der Waals surface area contributed by atoms with E-state index in [1.807, 2.05) is 0 Å². The third-order valence-corrected chi connectivity index (χ3v) is 3.21. The first-order valence-corrected chi connectivity index (χ1v) is 6.63. The first-order chi connectivity index (χ1) is 9.15. The molecule has 98 valence electrons. The zero-order chi connectivity index (χ0) is 13.7. The Morgan fingerprint density at radius 2 is 1.79 bits per heavy atom. The summed E-state index contributed by atoms with van der Waals surface area (Å²) in [7, 11) is -1.44. The van der Waals surface area contributed by atoms with E-state index < -0.39 is 11.0 Å². The summed E-state index contributed by atoms with van der Waals surface area (Å²) >= 11 is 0. The molecule has 1 unspecified atom stereocenters. The molecule has 2 rings (SSSR count). The van der Waals surface area contributed by atoms with Gasteiger partial charge in [0, 0.05) is 25.0 Å². The highest BCUT2D eigenvalue weighted by molar-refractivity contribution is 7.86. The summed E-state index contributed by atoms with van der Waals surface area (Å²) in [4.78, 5) is 19.3. The average molecular weight is 276 g/mol. The van der Waals surface area contributed by atoms with Crippen molar-refractivity contribution in [2.45, 2.75) is 11.8 Å². The summed E-state index contributed by atoms with van der Waals surface area (Å²) in [6, 6.07) is 8.37. The Bertz CT molecular complexity index is 586. The minimum absolute atomic E-state index is 0.148. The number of hydrogen-bond donors (Lipinski definition) is 2. The molecule has 1 aromatic heterocycles. The molecule has 0 spiro atoms. The molecule has 1 amide bonds. The Morgan fingerprint density at radius 1 is 1.16 bits per heavy atom. The fraction of sp³-hybridized carbons (Fsp3) is 0.0833. The molecule has 0 bridgehead atoms. The maximum atomic E-state index is 12.0. The molecular weight excluding hydrogens is 264 g/mol. The number of hydrogen-bond acceptors (Lipinski definition) is 4. The summed E-state index contributed by atoms with van der Waals surface area (Å²) in [5.41, 5.74) is 0.657. The maximum absolute atomic E-state index is 12.0. The van der Waals surface area contributed by atoms with Gasteiger partial charge in [0.15, 0.2) is 11.0 Å². The van der Waals surface area contributed by atoms with Crippen LogP contribution in [0.5, 0.6) is 0 Å². The van der Waals surface area contributed by atoms with Gasteiger partial charge in [-0.3, -0.25) is 9.52 Å². The Hall–Kier alpha value is -2.28. The number of carbonyl (C=O) groups excluding carboxylic acids is 1. The zero-order valence-electron chi connectivity index (χ0n) is 10.2. The number of aromatic nitrogens is 2. The molecule has 1 heterocycles. The van der Waals surface area contributed by atoms with Crippen LogP contribution in [0.15, 0.2) is 47.6 Å². The first-order valence-electron chi connectivity index (χ1n) is 5.48. The van der Waals surface area contributed by atoms with Crippen molar-refractivity contribution in [3.05, 3.63) is 42.7 Å². The standard InChI is InChI=1S/C12H12N4O2S/c1-9(17)15-10-3-5-11(6-4-10)19(18)16-12-13-7-2-8-14-12/h2-8H,1H3,(H,15,17)(H,13,14,16). The van der Waals surface area contributed by atoms with Crippen LogP contribution in [0.2, 0.25) is 0 Å². The van der Waals surface area contributed by atoms with Gasteiger partial charge in [-0.2, -0.15) is 0 Å². The van der Waals surface area contributed by atoms with Gasteiger partial charge in [0.1, 0.15) is 0 Å². The van der Waals surface area contributed by atoms with E-state index in [-0.39, 0.29) is 5.91 Å². The normalized spacial score (nSPS) is 11.6. The third kappa shape index (κ3) is 3.85. The van der Waals surface area contributed by atoms with Crippen molar-refractivity contribution in [3.8, 4) is 0 Å². The van der Waals surface area contributed by atoms with E-state index in [1.54, 1.807) is 42.7 Å². The Morgan fingerprint density at radius 3 is 2.37 bits per heavy atom. The van der Waals surface area contributed by atoms with E-state index in [4.69, 9.17) is 0 Å². The summed E-state index contributed by atoms with van der Waals surface area (Å²) in [6.07, 6.45) is 3.12. The van der Waals surface area contributed by atoms with Gasteiger partial charge < -0.3 is 5.32 Å². The van der Waals surface area contributed by atoms with Crippen molar-refractivity contribution in [2.24, 2.45) is 0 Å². The average Bonchev–Trinajstić information content (AvgIpc) is 2.40. The number of benzene rings is 1. The molecule has 0 saturated carbocycles. The molecule has 6 nitrogen and oxygen atoms in total. The van der Waals surface area contributed by atoms with Gasteiger partial charge >= 0.3 is 0 Å². The fourth-order valence-electron chi connectivity index (χ4n) is 1.36. The number of amides is 1. The summed E-state index contributed by atoms with van der Waals surface area (Å²) < 4.78 is 14.7. The van der Waals surface area contributed by atoms with E-state index in [0.29, 0.717) is 16.5 Å². The van der Waals surface area contributed by atoms with Crippen LogP contribution >= 0.6 is 0 Å². The minimum Gasteiger partial charge on any atom is -0.326 e. The lowest BCUT2D eigenvalue weighted by atomic mass is 10.3. The smallest absolute Gasteiger partial charge is 0.234 e. The van der Waals surface area contributed by atoms with Gasteiger partial charge in [0.05, 0.1) is 4.90 Å². The molecule has 0 aliphatic heterocycles. The predicted octanol–water partition coefficient (Wildman–Crippen LogP) is 1.57. The Labute approximate surface area is 112 Å². The second-order valence-electron chi connectivity index (χ2n) is 3.65. The maximum Gasteiger partial charge on any atom is 0.234 e. The van der Waals surface area contributed by atoms with Crippen LogP contribution in [0.3, 0.4) is 0 Å². The topological polar surface area (TPSA) is 84.0 Å². The molecule has 0 aliphatic rings. The van der Waals surface area contributed by atoms with Gasteiger partial charge in [-0.15, -0.1) is 0 Å². The molecular formula is C12H12N4O2S. The van der Waals surface area contributed by atoms with E-state index in [2.05, 4.69) is 20.0 Å². The fourth-order valence-corrected chi connectivity index (χ4v) is 2.13. The summed E-state index contributed by atoms with van der Waals surface area (Å²) in [6.45, 7) is 1.43. The second-order valence-corrected chi connectivity index (χ2v) is 4.86. The lowest BCUT2D eigenvalue weighted by Crippen LogP contribution is -2.08. The molecule has 7 heteroatoms. The number of rotatable bonds is 4. The van der Waals surface area contributed by atoms with Gasteiger partial charge in [-0.1, -0.05) is 0 Å². The highest BCUT2D eigenvalue weighted by Crippen LogP contribution is 2.13. The number of nitrogens with one attached hydrogen (secondary N) is 2. The van der Waals surface area contributed by atoms with Crippen LogP contribution in [-0.4, -0.2) is 20.1 Å². The molecule has 0 fully saturated rings. The van der Waals surface area contributed by atoms with Gasteiger partial charge in [0.2, 0.25) is 11.9 Å².